The predicted octanol–water partition coefficient (Wildman–Crippen LogP) is 3.85. The number of nitrogens with zero attached hydrogens (tertiary/aromatic N) is 2. The van der Waals surface area contributed by atoms with Crippen molar-refractivity contribution in [3.8, 4) is 22.6 Å². The Bertz CT molecular complexity index is 1090. The first-order valence-electron chi connectivity index (χ1n) is 10.1. The zero-order valence-electron chi connectivity index (χ0n) is 17.6. The Morgan fingerprint density at radius 3 is 2.31 bits per heavy atom. The molecule has 1 aliphatic rings. The topological polar surface area (TPSA) is 105 Å². The lowest BCUT2D eigenvalue weighted by Gasteiger charge is -2.19. The van der Waals surface area contributed by atoms with Crippen molar-refractivity contribution in [3.63, 3.8) is 0 Å². The fourth-order valence-corrected chi connectivity index (χ4v) is 3.87. The van der Waals surface area contributed by atoms with Crippen molar-refractivity contribution in [2.75, 3.05) is 5.75 Å². The Kier molecular flexibility index (Phi) is 6.00. The number of carbonyl (C=O) groups is 3. The van der Waals surface area contributed by atoms with Crippen molar-refractivity contribution in [1.29, 1.82) is 0 Å². The van der Waals surface area contributed by atoms with Crippen LogP contribution in [0, 0.1) is 0 Å². The van der Waals surface area contributed by atoms with Gasteiger partial charge in [-0.2, -0.15) is 5.01 Å². The smallest absolute Gasteiger partial charge is 0.344 e. The van der Waals surface area contributed by atoms with E-state index in [2.05, 4.69) is 15.7 Å². The molecule has 2 aromatic carbocycles. The van der Waals surface area contributed by atoms with Gasteiger partial charge in [0, 0.05) is 11.1 Å². The third-order valence-corrected chi connectivity index (χ3v) is 6.05. The molecule has 8 nitrogen and oxygen atoms in total. The molecule has 0 aliphatic carbocycles. The number of hydrazine groups is 1. The van der Waals surface area contributed by atoms with Crippen LogP contribution in [0.2, 0.25) is 0 Å². The molecule has 0 saturated carbocycles. The highest BCUT2D eigenvalue weighted by Gasteiger charge is 2.47. The van der Waals surface area contributed by atoms with Gasteiger partial charge in [0.15, 0.2) is 5.76 Å². The van der Waals surface area contributed by atoms with Gasteiger partial charge >= 0.3 is 6.03 Å². The first-order chi connectivity index (χ1) is 15.4. The lowest BCUT2D eigenvalue weighted by atomic mass is 10.00. The minimum atomic E-state index is -1.02. The summed E-state index contributed by atoms with van der Waals surface area (Å²) in [5, 5.41) is 3.63. The van der Waals surface area contributed by atoms with Crippen molar-refractivity contribution in [2.45, 2.75) is 31.0 Å². The number of imide groups is 1. The number of carbonyl (C=O) groups excluding carboxylic acids is 3. The van der Waals surface area contributed by atoms with Crippen LogP contribution in [0.25, 0.3) is 22.6 Å². The van der Waals surface area contributed by atoms with Gasteiger partial charge < -0.3 is 9.73 Å². The average molecular weight is 451 g/mol. The second-order valence-electron chi connectivity index (χ2n) is 7.47. The van der Waals surface area contributed by atoms with Crippen molar-refractivity contribution in [3.05, 3.63) is 60.7 Å². The first kappa shape index (κ1) is 21.6. The van der Waals surface area contributed by atoms with E-state index >= 15 is 0 Å². The Labute approximate surface area is 189 Å². The van der Waals surface area contributed by atoms with Gasteiger partial charge in [0.2, 0.25) is 5.91 Å². The molecule has 1 unspecified atom stereocenters. The van der Waals surface area contributed by atoms with Crippen LogP contribution in [-0.2, 0) is 9.59 Å². The number of hydrogen-bond donors (Lipinski definition) is 2. The molecule has 0 spiro atoms. The van der Waals surface area contributed by atoms with Crippen molar-refractivity contribution in [2.24, 2.45) is 0 Å². The van der Waals surface area contributed by atoms with Crippen LogP contribution in [0.1, 0.15) is 20.3 Å². The fourth-order valence-electron chi connectivity index (χ4n) is 3.25. The van der Waals surface area contributed by atoms with Crippen LogP contribution in [0.4, 0.5) is 4.79 Å². The molecule has 164 valence electrons. The monoisotopic (exact) mass is 450 g/mol. The average Bonchev–Trinajstić information content (AvgIpc) is 3.34. The summed E-state index contributed by atoms with van der Waals surface area (Å²) in [5.74, 6) is -0.479. The Morgan fingerprint density at radius 2 is 1.72 bits per heavy atom. The van der Waals surface area contributed by atoms with E-state index in [9.17, 15) is 14.4 Å². The maximum atomic E-state index is 12.4. The molecule has 1 fully saturated rings. The summed E-state index contributed by atoms with van der Waals surface area (Å²) in [4.78, 5) is 41.5. The quantitative estimate of drug-likeness (QED) is 0.418. The maximum Gasteiger partial charge on any atom is 0.344 e. The van der Waals surface area contributed by atoms with Crippen LogP contribution in [0.5, 0.6) is 0 Å². The lowest BCUT2D eigenvalue weighted by Crippen LogP contribution is -2.49. The number of thioether (sulfide) groups is 1. The van der Waals surface area contributed by atoms with Gasteiger partial charge in [-0.05, 0) is 13.3 Å². The summed E-state index contributed by atoms with van der Waals surface area (Å²) in [6.07, 6.45) is 0.416. The number of benzene rings is 2. The van der Waals surface area contributed by atoms with Gasteiger partial charge in [0.1, 0.15) is 11.2 Å². The Morgan fingerprint density at radius 1 is 1.09 bits per heavy atom. The summed E-state index contributed by atoms with van der Waals surface area (Å²) in [7, 11) is 0. The van der Waals surface area contributed by atoms with Gasteiger partial charge in [-0.3, -0.25) is 15.0 Å². The molecular weight excluding hydrogens is 428 g/mol. The lowest BCUT2D eigenvalue weighted by molar-refractivity contribution is -0.137. The predicted molar refractivity (Wildman–Crippen MR) is 120 cm³/mol. The van der Waals surface area contributed by atoms with E-state index in [1.807, 2.05) is 60.7 Å². The van der Waals surface area contributed by atoms with Crippen molar-refractivity contribution < 1.29 is 18.8 Å². The number of aromatic nitrogens is 1. The van der Waals surface area contributed by atoms with E-state index in [0.717, 1.165) is 27.9 Å². The third-order valence-electron chi connectivity index (χ3n) is 5.22. The molecular formula is C23H22N4O4S. The van der Waals surface area contributed by atoms with E-state index in [0.29, 0.717) is 23.1 Å². The molecule has 4 rings (SSSR count). The number of urea groups is 1. The molecule has 0 radical (unpaired) electrons. The summed E-state index contributed by atoms with van der Waals surface area (Å²) in [5.41, 5.74) is 3.78. The van der Waals surface area contributed by atoms with E-state index < -0.39 is 23.4 Å². The zero-order valence-corrected chi connectivity index (χ0v) is 18.4. The summed E-state index contributed by atoms with van der Waals surface area (Å²) in [6, 6.07) is 18.6. The van der Waals surface area contributed by atoms with Crippen LogP contribution in [0.3, 0.4) is 0 Å². The molecule has 1 saturated heterocycles. The molecule has 1 atom stereocenters. The highest BCUT2D eigenvalue weighted by molar-refractivity contribution is 7.99. The normalized spacial score (nSPS) is 18.0. The number of oxazole rings is 1. The molecule has 0 bridgehead atoms. The maximum absolute atomic E-state index is 12.4. The van der Waals surface area contributed by atoms with E-state index in [-0.39, 0.29) is 5.75 Å². The van der Waals surface area contributed by atoms with E-state index in [4.69, 9.17) is 4.42 Å². The van der Waals surface area contributed by atoms with Crippen molar-refractivity contribution in [1.82, 2.24) is 20.7 Å². The van der Waals surface area contributed by atoms with Crippen LogP contribution >= 0.6 is 11.8 Å². The molecule has 1 aromatic heterocycles. The molecule has 2 N–H and O–H groups in total. The molecule has 9 heteroatoms. The van der Waals surface area contributed by atoms with Gasteiger partial charge in [0.05, 0.1) is 5.75 Å². The number of hydrogen-bond acceptors (Lipinski definition) is 6. The third kappa shape index (κ3) is 4.24. The molecule has 32 heavy (non-hydrogen) atoms. The summed E-state index contributed by atoms with van der Waals surface area (Å²) in [6.45, 7) is 3.41. The Balaban J connectivity index is 1.49. The second-order valence-corrected chi connectivity index (χ2v) is 8.40. The second kappa shape index (κ2) is 8.88. The number of rotatable bonds is 7. The minimum Gasteiger partial charge on any atom is -0.431 e. The van der Waals surface area contributed by atoms with E-state index in [1.54, 1.807) is 13.8 Å². The Hall–Kier alpha value is -3.59. The number of amides is 4. The minimum absolute atomic E-state index is 0.0805. The summed E-state index contributed by atoms with van der Waals surface area (Å²) < 4.78 is 5.98. The molecule has 4 amide bonds. The molecule has 1 aliphatic heterocycles. The van der Waals surface area contributed by atoms with Crippen LogP contribution < -0.4 is 10.7 Å². The van der Waals surface area contributed by atoms with Crippen molar-refractivity contribution >= 4 is 29.6 Å². The van der Waals surface area contributed by atoms with Gasteiger partial charge in [-0.25, -0.2) is 9.78 Å². The largest absolute Gasteiger partial charge is 0.431 e. The summed E-state index contributed by atoms with van der Waals surface area (Å²) >= 11 is 1.08. The standard InChI is InChI=1S/C23H22N4O4S/c1-3-23(2)20(29)27(21(30)25-23)26-17(28)14-32-22-24-18(15-10-6-4-7-11-15)19(31-22)16-12-8-5-9-13-16/h4-13H,3,14H2,1-2H3,(H,25,30)(H,26,28). The SMILES string of the molecule is CCC1(C)NC(=O)N(NC(=O)CSc2nc(-c3ccccc3)c(-c3ccccc3)o2)C1=O. The van der Waals surface area contributed by atoms with Crippen LogP contribution in [-0.4, -0.2) is 39.1 Å². The first-order valence-corrected chi connectivity index (χ1v) is 11.1. The van der Waals surface area contributed by atoms with E-state index in [1.165, 1.54) is 0 Å². The zero-order chi connectivity index (χ0) is 22.7. The fraction of sp³-hybridized carbons (Fsp3) is 0.217. The van der Waals surface area contributed by atoms with Gasteiger partial charge in [-0.1, -0.05) is 79.3 Å². The highest BCUT2D eigenvalue weighted by atomic mass is 32.2. The highest BCUT2D eigenvalue weighted by Crippen LogP contribution is 2.35. The van der Waals surface area contributed by atoms with Crippen LogP contribution in [0.15, 0.2) is 70.3 Å². The number of nitrogens with one attached hydrogen (secondary N) is 2. The van der Waals surface area contributed by atoms with Gasteiger partial charge in [-0.15, -0.1) is 0 Å². The molecule has 2 heterocycles. The van der Waals surface area contributed by atoms with Gasteiger partial charge in [0.25, 0.3) is 11.1 Å². The molecule has 3 aromatic rings.